The van der Waals surface area contributed by atoms with Gasteiger partial charge in [0, 0.05) is 6.42 Å². The van der Waals surface area contributed by atoms with Gasteiger partial charge >= 0.3 is 0 Å². The third-order valence-electron chi connectivity index (χ3n) is 4.37. The largest absolute Gasteiger partial charge is 0.295 e. The molecule has 1 saturated carbocycles. The molecule has 82 valence electrons. The average molecular weight is 204 g/mol. The van der Waals surface area contributed by atoms with Crippen molar-refractivity contribution in [2.75, 3.05) is 0 Å². The molecule has 0 heterocycles. The van der Waals surface area contributed by atoms with Gasteiger partial charge in [-0.15, -0.1) is 0 Å². The van der Waals surface area contributed by atoms with Crippen LogP contribution < -0.4 is 0 Å². The zero-order valence-corrected chi connectivity index (χ0v) is 9.75. The Morgan fingerprint density at radius 1 is 1.60 bits per heavy atom. The lowest BCUT2D eigenvalue weighted by atomic mass is 9.69. The van der Waals surface area contributed by atoms with Gasteiger partial charge in [-0.05, 0) is 49.5 Å². The van der Waals surface area contributed by atoms with E-state index in [1.165, 1.54) is 24.8 Å². The van der Waals surface area contributed by atoms with E-state index in [0.29, 0.717) is 23.0 Å². The molecule has 15 heavy (non-hydrogen) atoms. The molecule has 0 bridgehead atoms. The van der Waals surface area contributed by atoms with Crippen LogP contribution in [0.2, 0.25) is 0 Å². The molecular formula is C14H20O. The molecule has 1 spiro atoms. The van der Waals surface area contributed by atoms with Crippen molar-refractivity contribution in [3.63, 3.8) is 0 Å². The van der Waals surface area contributed by atoms with Crippen LogP contribution in [0.3, 0.4) is 0 Å². The summed E-state index contributed by atoms with van der Waals surface area (Å²) in [5.41, 5.74) is 1.61. The number of hydrogen-bond acceptors (Lipinski definition) is 1. The first-order chi connectivity index (χ1) is 7.03. The van der Waals surface area contributed by atoms with Gasteiger partial charge in [-0.1, -0.05) is 25.2 Å². The van der Waals surface area contributed by atoms with Crippen molar-refractivity contribution in [2.24, 2.45) is 17.3 Å². The predicted octanol–water partition coefficient (Wildman–Crippen LogP) is 3.51. The Morgan fingerprint density at radius 2 is 2.33 bits per heavy atom. The van der Waals surface area contributed by atoms with E-state index >= 15 is 0 Å². The SMILES string of the molecule is C=C(C)[C@@H]1CC[C@]2(C=CC(=O)C[C@H]2C)C1. The minimum absolute atomic E-state index is 0.298. The Kier molecular flexibility index (Phi) is 2.57. The van der Waals surface area contributed by atoms with Crippen LogP contribution in [0.15, 0.2) is 24.3 Å². The lowest BCUT2D eigenvalue weighted by molar-refractivity contribution is -0.116. The molecule has 0 unspecified atom stereocenters. The molecule has 1 fully saturated rings. The zero-order valence-electron chi connectivity index (χ0n) is 9.75. The quantitative estimate of drug-likeness (QED) is 0.597. The maximum atomic E-state index is 11.3. The maximum Gasteiger partial charge on any atom is 0.155 e. The summed E-state index contributed by atoms with van der Waals surface area (Å²) in [5.74, 6) is 1.48. The third kappa shape index (κ3) is 1.80. The Bertz CT molecular complexity index is 326. The summed E-state index contributed by atoms with van der Waals surface area (Å²) in [6.45, 7) is 8.42. The fourth-order valence-corrected chi connectivity index (χ4v) is 3.12. The number of ketones is 1. The average Bonchev–Trinajstić information content (AvgIpc) is 2.58. The van der Waals surface area contributed by atoms with Crippen LogP contribution in [0.25, 0.3) is 0 Å². The molecule has 2 rings (SSSR count). The number of allylic oxidation sites excluding steroid dienone is 3. The van der Waals surface area contributed by atoms with E-state index in [9.17, 15) is 4.79 Å². The number of hydrogen-bond donors (Lipinski definition) is 0. The highest BCUT2D eigenvalue weighted by atomic mass is 16.1. The van der Waals surface area contributed by atoms with Gasteiger partial charge in [0.2, 0.25) is 0 Å². The summed E-state index contributed by atoms with van der Waals surface area (Å²) in [6.07, 6.45) is 8.41. The zero-order chi connectivity index (χ0) is 11.1. The van der Waals surface area contributed by atoms with Gasteiger partial charge in [-0.2, -0.15) is 0 Å². The lowest BCUT2D eigenvalue weighted by Crippen LogP contribution is -2.29. The van der Waals surface area contributed by atoms with E-state index in [-0.39, 0.29) is 0 Å². The second-order valence-electron chi connectivity index (χ2n) is 5.42. The minimum Gasteiger partial charge on any atom is -0.295 e. The van der Waals surface area contributed by atoms with Crippen molar-refractivity contribution in [1.29, 1.82) is 0 Å². The summed E-state index contributed by atoms with van der Waals surface area (Å²) < 4.78 is 0. The molecule has 0 aliphatic heterocycles. The van der Waals surface area contributed by atoms with Crippen LogP contribution in [-0.4, -0.2) is 5.78 Å². The highest BCUT2D eigenvalue weighted by molar-refractivity contribution is 5.90. The molecule has 0 N–H and O–H groups in total. The van der Waals surface area contributed by atoms with Crippen LogP contribution in [0.1, 0.15) is 39.5 Å². The third-order valence-corrected chi connectivity index (χ3v) is 4.37. The topological polar surface area (TPSA) is 17.1 Å². The molecule has 2 aliphatic carbocycles. The molecule has 0 aromatic heterocycles. The molecule has 0 saturated heterocycles. The van der Waals surface area contributed by atoms with Gasteiger partial charge in [0.05, 0.1) is 0 Å². The highest BCUT2D eigenvalue weighted by Crippen LogP contribution is 2.52. The first-order valence-electron chi connectivity index (χ1n) is 5.91. The first kappa shape index (κ1) is 10.7. The van der Waals surface area contributed by atoms with Crippen LogP contribution in [0, 0.1) is 17.3 Å². The Morgan fingerprint density at radius 3 is 2.87 bits per heavy atom. The highest BCUT2D eigenvalue weighted by Gasteiger charge is 2.43. The standard InChI is InChI=1S/C14H20O/c1-10(2)12-4-6-14(9-12)7-5-13(15)8-11(14)3/h5,7,11-12H,1,4,6,8-9H2,2-3H3/t11-,12-,14+/m1/s1. The molecular weight excluding hydrogens is 184 g/mol. The smallest absolute Gasteiger partial charge is 0.155 e. The molecule has 0 radical (unpaired) electrons. The van der Waals surface area contributed by atoms with Crippen LogP contribution >= 0.6 is 0 Å². The van der Waals surface area contributed by atoms with Gasteiger partial charge < -0.3 is 0 Å². The second kappa shape index (κ2) is 3.62. The first-order valence-corrected chi connectivity index (χ1v) is 5.91. The van der Waals surface area contributed by atoms with Crippen molar-refractivity contribution < 1.29 is 4.79 Å². The van der Waals surface area contributed by atoms with Gasteiger partial charge in [0.15, 0.2) is 5.78 Å². The summed E-state index contributed by atoms with van der Waals surface area (Å²) in [5, 5.41) is 0. The van der Waals surface area contributed by atoms with Crippen molar-refractivity contribution in [1.82, 2.24) is 0 Å². The Balaban J connectivity index is 2.19. The van der Waals surface area contributed by atoms with Gasteiger partial charge in [0.1, 0.15) is 0 Å². The van der Waals surface area contributed by atoms with Crippen LogP contribution in [-0.2, 0) is 4.79 Å². The van der Waals surface area contributed by atoms with E-state index in [0.717, 1.165) is 6.42 Å². The summed E-state index contributed by atoms with van der Waals surface area (Å²) in [4.78, 5) is 11.3. The van der Waals surface area contributed by atoms with E-state index in [4.69, 9.17) is 0 Å². The van der Waals surface area contributed by atoms with Gasteiger partial charge in [0.25, 0.3) is 0 Å². The van der Waals surface area contributed by atoms with Crippen molar-refractivity contribution in [3.8, 4) is 0 Å². The number of carbonyl (C=O) groups excluding carboxylic acids is 1. The summed E-state index contributed by atoms with van der Waals surface area (Å²) >= 11 is 0. The van der Waals surface area contributed by atoms with E-state index in [2.05, 4.69) is 26.5 Å². The second-order valence-corrected chi connectivity index (χ2v) is 5.42. The van der Waals surface area contributed by atoms with Crippen molar-refractivity contribution in [2.45, 2.75) is 39.5 Å². The molecule has 3 atom stereocenters. The van der Waals surface area contributed by atoms with E-state index < -0.39 is 0 Å². The van der Waals surface area contributed by atoms with Crippen molar-refractivity contribution >= 4 is 5.78 Å². The molecule has 0 aromatic rings. The number of rotatable bonds is 1. The van der Waals surface area contributed by atoms with Gasteiger partial charge in [-0.3, -0.25) is 4.79 Å². The normalized spacial score (nSPS) is 40.0. The molecule has 1 heteroatoms. The predicted molar refractivity (Wildman–Crippen MR) is 62.5 cm³/mol. The Hall–Kier alpha value is -0.850. The summed E-state index contributed by atoms with van der Waals surface area (Å²) in [7, 11) is 0. The van der Waals surface area contributed by atoms with E-state index in [1.807, 2.05) is 0 Å². The molecule has 0 aromatic carbocycles. The number of carbonyl (C=O) groups is 1. The van der Waals surface area contributed by atoms with Gasteiger partial charge in [-0.25, -0.2) is 0 Å². The minimum atomic E-state index is 0.298. The summed E-state index contributed by atoms with van der Waals surface area (Å²) in [6, 6.07) is 0. The lowest BCUT2D eigenvalue weighted by Gasteiger charge is -2.35. The fraction of sp³-hybridized carbons (Fsp3) is 0.643. The maximum absolute atomic E-state index is 11.3. The molecule has 0 amide bonds. The monoisotopic (exact) mass is 204 g/mol. The van der Waals surface area contributed by atoms with Crippen molar-refractivity contribution in [3.05, 3.63) is 24.3 Å². The fourth-order valence-electron chi connectivity index (χ4n) is 3.12. The van der Waals surface area contributed by atoms with E-state index in [1.54, 1.807) is 6.08 Å². The Labute approximate surface area is 92.3 Å². The van der Waals surface area contributed by atoms with Crippen LogP contribution in [0.4, 0.5) is 0 Å². The molecule has 1 nitrogen and oxygen atoms in total. The molecule has 2 aliphatic rings. The van der Waals surface area contributed by atoms with Crippen LogP contribution in [0.5, 0.6) is 0 Å².